The molecule has 1 fully saturated rings. The maximum absolute atomic E-state index is 12.8. The molecule has 1 aromatic carbocycles. The standard InChI is InChI=1S/C19H26O6/c1-3-22-18(21)19(24-4-2,25-17-12-8-9-13-23-17)16(14-20)15-10-6-5-7-11-15/h5-7,10-11,14,16-17H,3-4,8-9,12-13H2,1-2H3. The first-order valence-electron chi connectivity index (χ1n) is 8.78. The molecule has 0 spiro atoms. The number of esters is 1. The summed E-state index contributed by atoms with van der Waals surface area (Å²) < 4.78 is 22.6. The van der Waals surface area contributed by atoms with Crippen LogP contribution >= 0.6 is 0 Å². The molecule has 0 N–H and O–H groups in total. The quantitative estimate of drug-likeness (QED) is 0.387. The summed E-state index contributed by atoms with van der Waals surface area (Å²) in [5.74, 6) is -3.54. The van der Waals surface area contributed by atoms with Crippen molar-refractivity contribution in [2.75, 3.05) is 19.8 Å². The summed E-state index contributed by atoms with van der Waals surface area (Å²) in [6.45, 7) is 4.33. The van der Waals surface area contributed by atoms with Crippen LogP contribution in [0.2, 0.25) is 0 Å². The van der Waals surface area contributed by atoms with Gasteiger partial charge in [0.2, 0.25) is 0 Å². The minimum Gasteiger partial charge on any atom is -0.462 e. The molecular formula is C19H26O6. The van der Waals surface area contributed by atoms with Crippen molar-refractivity contribution in [3.05, 3.63) is 35.9 Å². The van der Waals surface area contributed by atoms with E-state index in [9.17, 15) is 9.59 Å². The lowest BCUT2D eigenvalue weighted by Crippen LogP contribution is -2.54. The second-order valence-corrected chi connectivity index (χ2v) is 5.76. The van der Waals surface area contributed by atoms with Crippen LogP contribution in [-0.2, 0) is 28.5 Å². The Morgan fingerprint density at radius 3 is 2.60 bits per heavy atom. The number of carbonyl (C=O) groups is 2. The number of hydrogen-bond acceptors (Lipinski definition) is 6. The molecule has 138 valence electrons. The van der Waals surface area contributed by atoms with Crippen molar-refractivity contribution in [2.24, 2.45) is 0 Å². The van der Waals surface area contributed by atoms with Gasteiger partial charge in [-0.05, 0) is 38.7 Å². The molecule has 3 atom stereocenters. The topological polar surface area (TPSA) is 71.1 Å². The number of carbonyl (C=O) groups excluding carboxylic acids is 2. The molecule has 0 amide bonds. The third-order valence-electron chi connectivity index (χ3n) is 4.07. The Kier molecular flexibility index (Phi) is 7.55. The minimum atomic E-state index is -1.87. The van der Waals surface area contributed by atoms with Gasteiger partial charge in [0, 0.05) is 13.2 Å². The molecule has 1 saturated heterocycles. The van der Waals surface area contributed by atoms with E-state index in [1.165, 1.54) is 0 Å². The zero-order valence-corrected chi connectivity index (χ0v) is 14.8. The molecule has 0 bridgehead atoms. The van der Waals surface area contributed by atoms with Crippen molar-refractivity contribution < 1.29 is 28.5 Å². The van der Waals surface area contributed by atoms with Crippen LogP contribution < -0.4 is 0 Å². The summed E-state index contributed by atoms with van der Waals surface area (Å²) in [6.07, 6.45) is 2.55. The Balaban J connectivity index is 2.42. The second-order valence-electron chi connectivity index (χ2n) is 5.76. The molecule has 1 aliphatic rings. The normalized spacial score (nSPS) is 21.1. The van der Waals surface area contributed by atoms with E-state index in [1.54, 1.807) is 38.1 Å². The SMILES string of the molecule is CCOC(=O)C(OCC)(OC1CCCCO1)C(C=O)c1ccccc1. The third kappa shape index (κ3) is 4.66. The zero-order chi connectivity index (χ0) is 18.1. The molecule has 0 aliphatic carbocycles. The molecule has 1 heterocycles. The lowest BCUT2D eigenvalue weighted by Gasteiger charge is -2.38. The van der Waals surface area contributed by atoms with Crippen molar-refractivity contribution in [3.8, 4) is 0 Å². The molecule has 1 aromatic rings. The van der Waals surface area contributed by atoms with Gasteiger partial charge in [0.25, 0.3) is 5.79 Å². The number of benzene rings is 1. The van der Waals surface area contributed by atoms with Crippen molar-refractivity contribution >= 4 is 12.3 Å². The summed E-state index contributed by atoms with van der Waals surface area (Å²) in [7, 11) is 0. The van der Waals surface area contributed by atoms with Crippen LogP contribution in [0.15, 0.2) is 30.3 Å². The first-order chi connectivity index (χ1) is 12.2. The van der Waals surface area contributed by atoms with Gasteiger partial charge in [-0.15, -0.1) is 0 Å². The third-order valence-corrected chi connectivity index (χ3v) is 4.07. The monoisotopic (exact) mass is 350 g/mol. The van der Waals surface area contributed by atoms with E-state index < -0.39 is 24.0 Å². The Hall–Kier alpha value is -1.76. The fourth-order valence-corrected chi connectivity index (χ4v) is 2.92. The van der Waals surface area contributed by atoms with Crippen molar-refractivity contribution in [1.82, 2.24) is 0 Å². The van der Waals surface area contributed by atoms with Gasteiger partial charge in [-0.25, -0.2) is 4.79 Å². The van der Waals surface area contributed by atoms with Gasteiger partial charge in [0.1, 0.15) is 12.2 Å². The second kappa shape index (κ2) is 9.65. The molecule has 6 heteroatoms. The smallest absolute Gasteiger partial charge is 0.368 e. The van der Waals surface area contributed by atoms with E-state index in [0.29, 0.717) is 24.9 Å². The van der Waals surface area contributed by atoms with Crippen LogP contribution in [0.1, 0.15) is 44.6 Å². The first-order valence-corrected chi connectivity index (χ1v) is 8.78. The van der Waals surface area contributed by atoms with Gasteiger partial charge >= 0.3 is 5.97 Å². The number of ether oxygens (including phenoxy) is 4. The maximum Gasteiger partial charge on any atom is 0.368 e. The number of aldehydes is 1. The Labute approximate surface area is 148 Å². The van der Waals surface area contributed by atoms with E-state index >= 15 is 0 Å². The van der Waals surface area contributed by atoms with E-state index in [1.807, 2.05) is 6.07 Å². The van der Waals surface area contributed by atoms with Crippen LogP contribution in [0.5, 0.6) is 0 Å². The molecule has 0 saturated carbocycles. The summed E-state index contributed by atoms with van der Waals surface area (Å²) in [4.78, 5) is 24.8. The molecule has 3 unspecified atom stereocenters. The summed E-state index contributed by atoms with van der Waals surface area (Å²) in [6, 6.07) is 8.95. The predicted molar refractivity (Wildman–Crippen MR) is 90.9 cm³/mol. The van der Waals surface area contributed by atoms with Crippen LogP contribution in [0.25, 0.3) is 0 Å². The van der Waals surface area contributed by atoms with Crippen molar-refractivity contribution in [1.29, 1.82) is 0 Å². The highest BCUT2D eigenvalue weighted by Gasteiger charge is 2.52. The fraction of sp³-hybridized carbons (Fsp3) is 0.579. The van der Waals surface area contributed by atoms with Crippen LogP contribution in [-0.4, -0.2) is 44.2 Å². The van der Waals surface area contributed by atoms with Gasteiger partial charge in [0.05, 0.1) is 6.61 Å². The van der Waals surface area contributed by atoms with E-state index in [2.05, 4.69) is 0 Å². The fourth-order valence-electron chi connectivity index (χ4n) is 2.92. The molecule has 2 rings (SSSR count). The van der Waals surface area contributed by atoms with E-state index in [0.717, 1.165) is 12.8 Å². The van der Waals surface area contributed by atoms with E-state index in [-0.39, 0.29) is 13.2 Å². The number of hydrogen-bond donors (Lipinski definition) is 0. The van der Waals surface area contributed by atoms with Gasteiger partial charge in [-0.1, -0.05) is 30.3 Å². The van der Waals surface area contributed by atoms with Crippen LogP contribution in [0.3, 0.4) is 0 Å². The lowest BCUT2D eigenvalue weighted by atomic mass is 9.91. The van der Waals surface area contributed by atoms with Crippen molar-refractivity contribution in [3.63, 3.8) is 0 Å². The number of rotatable bonds is 9. The van der Waals surface area contributed by atoms with Gasteiger partial charge in [-0.3, -0.25) is 0 Å². The Bertz CT molecular complexity index is 540. The van der Waals surface area contributed by atoms with Gasteiger partial charge in [-0.2, -0.15) is 0 Å². The highest BCUT2D eigenvalue weighted by Crippen LogP contribution is 2.35. The maximum atomic E-state index is 12.8. The van der Waals surface area contributed by atoms with Crippen molar-refractivity contribution in [2.45, 2.75) is 51.1 Å². The molecule has 0 aromatic heterocycles. The van der Waals surface area contributed by atoms with Crippen LogP contribution in [0.4, 0.5) is 0 Å². The zero-order valence-electron chi connectivity index (χ0n) is 14.8. The molecule has 6 nitrogen and oxygen atoms in total. The predicted octanol–water partition coefficient (Wildman–Crippen LogP) is 2.81. The van der Waals surface area contributed by atoms with Crippen LogP contribution in [0, 0.1) is 0 Å². The molecule has 25 heavy (non-hydrogen) atoms. The molecule has 0 radical (unpaired) electrons. The average Bonchev–Trinajstić information content (AvgIpc) is 2.64. The van der Waals surface area contributed by atoms with E-state index in [4.69, 9.17) is 18.9 Å². The molecular weight excluding hydrogens is 324 g/mol. The lowest BCUT2D eigenvalue weighted by molar-refractivity contribution is -0.314. The Morgan fingerprint density at radius 2 is 2.04 bits per heavy atom. The highest BCUT2D eigenvalue weighted by atomic mass is 16.8. The summed E-state index contributed by atoms with van der Waals surface area (Å²) in [5, 5.41) is 0. The van der Waals surface area contributed by atoms with Gasteiger partial charge in [0.15, 0.2) is 6.29 Å². The first kappa shape index (κ1) is 19.6. The minimum absolute atomic E-state index is 0.156. The highest BCUT2D eigenvalue weighted by molar-refractivity contribution is 5.85. The molecule has 1 aliphatic heterocycles. The van der Waals surface area contributed by atoms with Gasteiger partial charge < -0.3 is 23.7 Å². The Morgan fingerprint density at radius 1 is 1.28 bits per heavy atom. The summed E-state index contributed by atoms with van der Waals surface area (Å²) in [5.41, 5.74) is 0.620. The largest absolute Gasteiger partial charge is 0.462 e. The average molecular weight is 350 g/mol. The summed E-state index contributed by atoms with van der Waals surface area (Å²) >= 11 is 0.